The number of aromatic nitrogens is 2. The molecule has 148 valence electrons. The molecule has 1 N–H and O–H groups in total. The molecule has 1 aromatic heterocycles. The Kier molecular flexibility index (Phi) is 4.21. The fourth-order valence-electron chi connectivity index (χ4n) is 4.92. The maximum Gasteiger partial charge on any atom is 0.320 e. The monoisotopic (exact) mass is 387 g/mol. The van der Waals surface area contributed by atoms with Crippen molar-refractivity contribution in [2.75, 3.05) is 31.1 Å². The average molecular weight is 387 g/mol. The van der Waals surface area contributed by atoms with Crippen LogP contribution in [0, 0.1) is 11.6 Å². The normalized spacial score (nSPS) is 24.3. The molecule has 3 aliphatic heterocycles. The smallest absolute Gasteiger partial charge is 0.320 e. The first-order chi connectivity index (χ1) is 13.6. The fourth-order valence-corrected chi connectivity index (χ4v) is 4.92. The molecule has 0 radical (unpaired) electrons. The molecule has 3 fully saturated rings. The number of benzene rings is 1. The first-order valence-corrected chi connectivity index (χ1v) is 9.93. The number of piperazine rings is 1. The summed E-state index contributed by atoms with van der Waals surface area (Å²) in [6.45, 7) is 2.78. The van der Waals surface area contributed by atoms with Gasteiger partial charge in [0, 0.05) is 55.6 Å². The molecule has 1 aromatic carbocycles. The predicted octanol–water partition coefficient (Wildman–Crippen LogP) is 3.22. The SMILES string of the molecule is O=C(N1CCCC1)N1CC2CCC(C1)N2c1ccc(-c2cn[nH]c2)c(F)c1F. The Morgan fingerprint density at radius 1 is 1.04 bits per heavy atom. The van der Waals surface area contributed by atoms with E-state index in [4.69, 9.17) is 0 Å². The van der Waals surface area contributed by atoms with Gasteiger partial charge in [-0.2, -0.15) is 5.10 Å². The minimum atomic E-state index is -0.853. The van der Waals surface area contributed by atoms with E-state index >= 15 is 0 Å². The van der Waals surface area contributed by atoms with Crippen molar-refractivity contribution in [2.45, 2.75) is 37.8 Å². The second-order valence-corrected chi connectivity index (χ2v) is 7.92. The van der Waals surface area contributed by atoms with E-state index in [1.165, 1.54) is 6.20 Å². The molecule has 2 amide bonds. The third-order valence-corrected chi connectivity index (χ3v) is 6.28. The molecule has 5 rings (SSSR count). The maximum absolute atomic E-state index is 15.0. The number of nitrogens with one attached hydrogen (secondary N) is 1. The molecule has 2 unspecified atom stereocenters. The van der Waals surface area contributed by atoms with Crippen LogP contribution in [0.4, 0.5) is 19.3 Å². The van der Waals surface area contributed by atoms with Gasteiger partial charge in [-0.25, -0.2) is 13.6 Å². The number of fused-ring (bicyclic) bond motifs is 2. The summed E-state index contributed by atoms with van der Waals surface area (Å²) in [6.07, 6.45) is 6.92. The first-order valence-electron chi connectivity index (χ1n) is 9.93. The number of halogens is 2. The highest BCUT2D eigenvalue weighted by atomic mass is 19.2. The minimum Gasteiger partial charge on any atom is -0.360 e. The van der Waals surface area contributed by atoms with Gasteiger partial charge < -0.3 is 14.7 Å². The number of H-pyrrole nitrogens is 1. The number of rotatable bonds is 2. The molecule has 3 aliphatic rings. The number of hydrogen-bond acceptors (Lipinski definition) is 3. The van der Waals surface area contributed by atoms with E-state index in [9.17, 15) is 13.6 Å². The van der Waals surface area contributed by atoms with Crippen molar-refractivity contribution in [3.05, 3.63) is 36.2 Å². The van der Waals surface area contributed by atoms with Crippen LogP contribution >= 0.6 is 0 Å². The lowest BCUT2D eigenvalue weighted by Gasteiger charge is -2.43. The molecule has 28 heavy (non-hydrogen) atoms. The molecule has 8 heteroatoms. The van der Waals surface area contributed by atoms with Crippen LogP contribution < -0.4 is 4.90 Å². The van der Waals surface area contributed by atoms with Gasteiger partial charge in [-0.1, -0.05) is 0 Å². The Balaban J connectivity index is 1.39. The molecule has 2 atom stereocenters. The van der Waals surface area contributed by atoms with Gasteiger partial charge in [-0.15, -0.1) is 0 Å². The van der Waals surface area contributed by atoms with E-state index in [-0.39, 0.29) is 23.7 Å². The van der Waals surface area contributed by atoms with Crippen molar-refractivity contribution < 1.29 is 13.6 Å². The van der Waals surface area contributed by atoms with Gasteiger partial charge >= 0.3 is 6.03 Å². The Labute approximate surface area is 162 Å². The summed E-state index contributed by atoms with van der Waals surface area (Å²) in [5, 5.41) is 6.43. The number of likely N-dealkylation sites (tertiary alicyclic amines) is 2. The third kappa shape index (κ3) is 2.73. The lowest BCUT2D eigenvalue weighted by atomic mass is 10.1. The Morgan fingerprint density at radius 3 is 2.39 bits per heavy atom. The van der Waals surface area contributed by atoms with Crippen molar-refractivity contribution in [1.82, 2.24) is 20.0 Å². The van der Waals surface area contributed by atoms with E-state index < -0.39 is 11.6 Å². The van der Waals surface area contributed by atoms with Crippen molar-refractivity contribution in [1.29, 1.82) is 0 Å². The van der Waals surface area contributed by atoms with Crippen LogP contribution in [0.2, 0.25) is 0 Å². The fraction of sp³-hybridized carbons (Fsp3) is 0.500. The lowest BCUT2D eigenvalue weighted by molar-refractivity contribution is 0.150. The number of amides is 2. The summed E-state index contributed by atoms with van der Waals surface area (Å²) in [5.41, 5.74) is 1.02. The highest BCUT2D eigenvalue weighted by Crippen LogP contribution is 2.39. The van der Waals surface area contributed by atoms with E-state index in [1.807, 2.05) is 14.7 Å². The molecule has 6 nitrogen and oxygen atoms in total. The van der Waals surface area contributed by atoms with Gasteiger partial charge in [0.05, 0.1) is 11.9 Å². The molecule has 0 aliphatic carbocycles. The third-order valence-electron chi connectivity index (χ3n) is 6.28. The molecule has 4 heterocycles. The van der Waals surface area contributed by atoms with Crippen LogP contribution in [0.5, 0.6) is 0 Å². The number of urea groups is 1. The highest BCUT2D eigenvalue weighted by Gasteiger charge is 2.43. The zero-order valence-electron chi connectivity index (χ0n) is 15.6. The van der Waals surface area contributed by atoms with E-state index in [0.717, 1.165) is 38.8 Å². The number of carbonyl (C=O) groups is 1. The number of anilines is 1. The molecule has 0 saturated carbocycles. The van der Waals surface area contributed by atoms with Crippen molar-refractivity contribution in [2.24, 2.45) is 0 Å². The standard InChI is InChI=1S/C20H23F2N5O/c21-18-16(13-9-23-24-10-13)5-6-17(19(18)22)27-14-3-4-15(27)12-26(11-14)20(28)25-7-1-2-8-25/h5-6,9-10,14-15H,1-4,7-8,11-12H2,(H,23,24). The van der Waals surface area contributed by atoms with Crippen molar-refractivity contribution >= 4 is 11.7 Å². The second-order valence-electron chi connectivity index (χ2n) is 7.92. The molecular weight excluding hydrogens is 364 g/mol. The van der Waals surface area contributed by atoms with Crippen molar-refractivity contribution in [3.63, 3.8) is 0 Å². The van der Waals surface area contributed by atoms with Crippen LogP contribution in [0.25, 0.3) is 11.1 Å². The number of nitrogens with zero attached hydrogens (tertiary/aromatic N) is 4. The van der Waals surface area contributed by atoms with Crippen LogP contribution in [0.1, 0.15) is 25.7 Å². The largest absolute Gasteiger partial charge is 0.360 e. The molecule has 2 aromatic rings. The molecule has 3 saturated heterocycles. The number of aromatic amines is 1. The van der Waals surface area contributed by atoms with Crippen LogP contribution in [-0.2, 0) is 0 Å². The van der Waals surface area contributed by atoms with Gasteiger partial charge in [-0.3, -0.25) is 5.10 Å². The van der Waals surface area contributed by atoms with Crippen LogP contribution in [0.3, 0.4) is 0 Å². The molecule has 2 bridgehead atoms. The first kappa shape index (κ1) is 17.5. The topological polar surface area (TPSA) is 55.5 Å². The summed E-state index contributed by atoms with van der Waals surface area (Å²) in [6, 6.07) is 3.41. The van der Waals surface area contributed by atoms with E-state index in [1.54, 1.807) is 18.3 Å². The van der Waals surface area contributed by atoms with Gasteiger partial charge in [-0.05, 0) is 37.8 Å². The van der Waals surface area contributed by atoms with Crippen LogP contribution in [0.15, 0.2) is 24.5 Å². The Bertz CT molecular complexity index is 867. The second kappa shape index (κ2) is 6.76. The van der Waals surface area contributed by atoms with Gasteiger partial charge in [0.25, 0.3) is 0 Å². The van der Waals surface area contributed by atoms with Crippen molar-refractivity contribution in [3.8, 4) is 11.1 Å². The van der Waals surface area contributed by atoms with E-state index in [2.05, 4.69) is 10.2 Å². The summed E-state index contributed by atoms with van der Waals surface area (Å²) >= 11 is 0. The maximum atomic E-state index is 15.0. The van der Waals surface area contributed by atoms with Gasteiger partial charge in [0.15, 0.2) is 11.6 Å². The predicted molar refractivity (Wildman–Crippen MR) is 101 cm³/mol. The number of hydrogen-bond donors (Lipinski definition) is 1. The zero-order chi connectivity index (χ0) is 19.3. The summed E-state index contributed by atoms with van der Waals surface area (Å²) in [7, 11) is 0. The minimum absolute atomic E-state index is 0.0268. The summed E-state index contributed by atoms with van der Waals surface area (Å²) in [5.74, 6) is -1.68. The zero-order valence-corrected chi connectivity index (χ0v) is 15.6. The van der Waals surface area contributed by atoms with E-state index in [0.29, 0.717) is 24.3 Å². The van der Waals surface area contributed by atoms with Gasteiger partial charge in [0.1, 0.15) is 0 Å². The highest BCUT2D eigenvalue weighted by molar-refractivity contribution is 5.76. The van der Waals surface area contributed by atoms with Gasteiger partial charge in [0.2, 0.25) is 0 Å². The lowest BCUT2D eigenvalue weighted by Crippen LogP contribution is -2.58. The summed E-state index contributed by atoms with van der Waals surface area (Å²) in [4.78, 5) is 18.6. The average Bonchev–Trinajstić information content (AvgIpc) is 3.45. The Morgan fingerprint density at radius 2 is 1.75 bits per heavy atom. The molecule has 0 spiro atoms. The number of carbonyl (C=O) groups excluding carboxylic acids is 1. The quantitative estimate of drug-likeness (QED) is 0.861. The van der Waals surface area contributed by atoms with Crippen LogP contribution in [-0.4, -0.2) is 64.3 Å². The Hall–Kier alpha value is -2.64. The summed E-state index contributed by atoms with van der Waals surface area (Å²) < 4.78 is 29.7. The molecular formula is C20H23F2N5O.